The van der Waals surface area contributed by atoms with Crippen molar-refractivity contribution in [2.24, 2.45) is 5.73 Å². The highest BCUT2D eigenvalue weighted by molar-refractivity contribution is 5.30. The summed E-state index contributed by atoms with van der Waals surface area (Å²) in [6.07, 6.45) is 5.35. The van der Waals surface area contributed by atoms with Crippen LogP contribution in [0.3, 0.4) is 0 Å². The molecule has 2 N–H and O–H groups in total. The van der Waals surface area contributed by atoms with Crippen LogP contribution in [-0.4, -0.2) is 23.5 Å². The zero-order chi connectivity index (χ0) is 13.9. The van der Waals surface area contributed by atoms with E-state index in [2.05, 4.69) is 49.9 Å². The second-order valence-electron chi connectivity index (χ2n) is 6.39. The Kier molecular flexibility index (Phi) is 4.64. The lowest BCUT2D eigenvalue weighted by Crippen LogP contribution is -2.51. The molecule has 2 rings (SSSR count). The number of hydrogen-bond acceptors (Lipinski definition) is 2. The third kappa shape index (κ3) is 3.18. The zero-order valence-electron chi connectivity index (χ0n) is 12.7. The Morgan fingerprint density at radius 2 is 1.63 bits per heavy atom. The van der Waals surface area contributed by atoms with Crippen molar-refractivity contribution in [3.8, 4) is 0 Å². The summed E-state index contributed by atoms with van der Waals surface area (Å²) in [6.45, 7) is 9.14. The normalized spacial score (nSPS) is 20.0. The van der Waals surface area contributed by atoms with E-state index < -0.39 is 0 Å². The van der Waals surface area contributed by atoms with Crippen LogP contribution in [-0.2, 0) is 0 Å². The van der Waals surface area contributed by atoms with Gasteiger partial charge in [-0.1, -0.05) is 37.1 Å². The second kappa shape index (κ2) is 6.06. The van der Waals surface area contributed by atoms with E-state index in [1.807, 2.05) is 0 Å². The van der Waals surface area contributed by atoms with E-state index in [0.29, 0.717) is 0 Å². The first-order chi connectivity index (χ1) is 9.03. The summed E-state index contributed by atoms with van der Waals surface area (Å²) in [5.74, 6) is 0. The molecule has 1 aromatic rings. The zero-order valence-corrected chi connectivity index (χ0v) is 12.7. The quantitative estimate of drug-likeness (QED) is 0.899. The first kappa shape index (κ1) is 14.5. The third-order valence-electron chi connectivity index (χ3n) is 4.71. The Morgan fingerprint density at radius 1 is 1.05 bits per heavy atom. The summed E-state index contributed by atoms with van der Waals surface area (Å²) in [7, 11) is 0. The van der Waals surface area contributed by atoms with Gasteiger partial charge >= 0.3 is 0 Å². The molecule has 1 aliphatic heterocycles. The highest BCUT2D eigenvalue weighted by atomic mass is 15.2. The van der Waals surface area contributed by atoms with Crippen molar-refractivity contribution in [1.82, 2.24) is 4.90 Å². The summed E-state index contributed by atoms with van der Waals surface area (Å²) in [5.41, 5.74) is 9.23. The average molecular weight is 260 g/mol. The fourth-order valence-corrected chi connectivity index (χ4v) is 3.16. The molecule has 2 nitrogen and oxygen atoms in total. The molecule has 1 atom stereocenters. The van der Waals surface area contributed by atoms with Gasteiger partial charge in [0.25, 0.3) is 0 Å². The Hall–Kier alpha value is -0.860. The van der Waals surface area contributed by atoms with Crippen LogP contribution in [0.2, 0.25) is 0 Å². The molecule has 1 fully saturated rings. The number of nitrogens with two attached hydrogens (primary N) is 1. The molecule has 2 heteroatoms. The average Bonchev–Trinajstić information content (AvgIpc) is 2.67. The lowest BCUT2D eigenvalue weighted by atomic mass is 9.85. The summed E-state index contributed by atoms with van der Waals surface area (Å²) in [4.78, 5) is 2.59. The Bertz CT molecular complexity index is 403. The van der Waals surface area contributed by atoms with Gasteiger partial charge in [-0.25, -0.2) is 0 Å². The Morgan fingerprint density at radius 3 is 2.21 bits per heavy atom. The van der Waals surface area contributed by atoms with Crippen LogP contribution >= 0.6 is 0 Å². The maximum absolute atomic E-state index is 6.61. The topological polar surface area (TPSA) is 29.3 Å². The molecule has 0 spiro atoms. The first-order valence-electron chi connectivity index (χ1n) is 7.59. The fraction of sp³-hybridized carbons (Fsp3) is 0.647. The fourth-order valence-electron chi connectivity index (χ4n) is 3.16. The Labute approximate surface area is 118 Å². The summed E-state index contributed by atoms with van der Waals surface area (Å²) >= 11 is 0. The summed E-state index contributed by atoms with van der Waals surface area (Å²) < 4.78 is 0. The van der Waals surface area contributed by atoms with Crippen molar-refractivity contribution >= 4 is 0 Å². The van der Waals surface area contributed by atoms with E-state index in [4.69, 9.17) is 5.73 Å². The van der Waals surface area contributed by atoms with E-state index in [9.17, 15) is 0 Å². The van der Waals surface area contributed by atoms with Gasteiger partial charge in [-0.05, 0) is 57.8 Å². The molecule has 1 saturated heterocycles. The minimum absolute atomic E-state index is 0.0243. The van der Waals surface area contributed by atoms with Gasteiger partial charge in [0, 0.05) is 11.6 Å². The molecule has 0 aromatic heterocycles. The van der Waals surface area contributed by atoms with E-state index in [1.54, 1.807) is 0 Å². The molecule has 1 unspecified atom stereocenters. The lowest BCUT2D eigenvalue weighted by molar-refractivity contribution is 0.0978. The van der Waals surface area contributed by atoms with Crippen molar-refractivity contribution in [2.45, 2.75) is 58.0 Å². The smallest absolute Gasteiger partial charge is 0.0479 e. The molecule has 0 saturated carbocycles. The minimum Gasteiger partial charge on any atom is -0.322 e. The maximum Gasteiger partial charge on any atom is 0.0479 e. The Balaban J connectivity index is 2.20. The van der Waals surface area contributed by atoms with Crippen molar-refractivity contribution in [3.05, 3.63) is 35.4 Å². The van der Waals surface area contributed by atoms with Crippen LogP contribution in [0.25, 0.3) is 0 Å². The standard InChI is InChI=1S/C17H28N2/c1-14-10-6-7-11-15(14)16(18)17(2,3)19-12-8-4-5-9-13-19/h6-7,10-11,16H,4-5,8-9,12-13,18H2,1-3H3. The molecule has 0 bridgehead atoms. The molecule has 1 aliphatic rings. The van der Waals surface area contributed by atoms with Crippen LogP contribution in [0.4, 0.5) is 0 Å². The third-order valence-corrected chi connectivity index (χ3v) is 4.71. The van der Waals surface area contributed by atoms with Gasteiger partial charge in [-0.3, -0.25) is 4.90 Å². The second-order valence-corrected chi connectivity index (χ2v) is 6.39. The molecule has 1 heterocycles. The highest BCUT2D eigenvalue weighted by Gasteiger charge is 2.34. The number of aryl methyl sites for hydroxylation is 1. The number of nitrogens with zero attached hydrogens (tertiary/aromatic N) is 1. The first-order valence-corrected chi connectivity index (χ1v) is 7.59. The van der Waals surface area contributed by atoms with Crippen molar-refractivity contribution < 1.29 is 0 Å². The van der Waals surface area contributed by atoms with Crippen molar-refractivity contribution in [3.63, 3.8) is 0 Å². The molecule has 106 valence electrons. The predicted octanol–water partition coefficient (Wildman–Crippen LogP) is 3.65. The van der Waals surface area contributed by atoms with Gasteiger partial charge < -0.3 is 5.73 Å². The predicted molar refractivity (Wildman–Crippen MR) is 82.2 cm³/mol. The van der Waals surface area contributed by atoms with E-state index in [1.165, 1.54) is 49.9 Å². The highest BCUT2D eigenvalue weighted by Crippen LogP contribution is 2.32. The van der Waals surface area contributed by atoms with Crippen molar-refractivity contribution in [1.29, 1.82) is 0 Å². The number of benzene rings is 1. The van der Waals surface area contributed by atoms with Crippen LogP contribution in [0.5, 0.6) is 0 Å². The van der Waals surface area contributed by atoms with Gasteiger partial charge in [0.1, 0.15) is 0 Å². The number of hydrogen-bond donors (Lipinski definition) is 1. The van der Waals surface area contributed by atoms with Crippen LogP contribution < -0.4 is 5.73 Å². The van der Waals surface area contributed by atoms with Gasteiger partial charge in [0.05, 0.1) is 0 Å². The molecular weight excluding hydrogens is 232 g/mol. The molecule has 19 heavy (non-hydrogen) atoms. The number of likely N-dealkylation sites (tertiary alicyclic amines) is 1. The van der Waals surface area contributed by atoms with Crippen molar-refractivity contribution in [2.75, 3.05) is 13.1 Å². The SMILES string of the molecule is Cc1ccccc1C(N)C(C)(C)N1CCCCCC1. The van der Waals surface area contributed by atoms with E-state index in [0.717, 1.165) is 0 Å². The monoisotopic (exact) mass is 260 g/mol. The molecule has 1 aromatic carbocycles. The van der Waals surface area contributed by atoms with Gasteiger partial charge in [-0.15, -0.1) is 0 Å². The van der Waals surface area contributed by atoms with E-state index in [-0.39, 0.29) is 11.6 Å². The largest absolute Gasteiger partial charge is 0.322 e. The molecule has 0 amide bonds. The van der Waals surface area contributed by atoms with Gasteiger partial charge in [-0.2, -0.15) is 0 Å². The van der Waals surface area contributed by atoms with E-state index >= 15 is 0 Å². The van der Waals surface area contributed by atoms with Crippen LogP contribution in [0.1, 0.15) is 56.7 Å². The lowest BCUT2D eigenvalue weighted by Gasteiger charge is -2.43. The molecular formula is C17H28N2. The molecule has 0 aliphatic carbocycles. The van der Waals surface area contributed by atoms with Crippen LogP contribution in [0.15, 0.2) is 24.3 Å². The van der Waals surface area contributed by atoms with Gasteiger partial charge in [0.15, 0.2) is 0 Å². The minimum atomic E-state index is 0.0243. The maximum atomic E-state index is 6.61. The summed E-state index contributed by atoms with van der Waals surface area (Å²) in [5, 5.41) is 0. The molecule has 0 radical (unpaired) electrons. The summed E-state index contributed by atoms with van der Waals surface area (Å²) in [6, 6.07) is 8.60. The van der Waals surface area contributed by atoms with Gasteiger partial charge in [0.2, 0.25) is 0 Å². The number of rotatable bonds is 3. The van der Waals surface area contributed by atoms with Crippen LogP contribution in [0, 0.1) is 6.92 Å².